The maximum Gasteiger partial charge on any atom is 0.317 e. The van der Waals surface area contributed by atoms with Gasteiger partial charge in [0.2, 0.25) is 0 Å². The number of non-ortho nitro benzene ring substituents is 1. The molecule has 0 aliphatic heterocycles. The van der Waals surface area contributed by atoms with Crippen LogP contribution in [0.4, 0.5) is 5.69 Å². The highest BCUT2D eigenvalue weighted by Crippen LogP contribution is 2.44. The molecule has 1 aliphatic rings. The number of nitrogens with zero attached hydrogens (tertiary/aromatic N) is 1. The molecule has 0 saturated carbocycles. The van der Waals surface area contributed by atoms with Gasteiger partial charge in [-0.15, -0.1) is 0 Å². The van der Waals surface area contributed by atoms with E-state index in [2.05, 4.69) is 0 Å². The van der Waals surface area contributed by atoms with Gasteiger partial charge in [0.05, 0.1) is 11.5 Å². The van der Waals surface area contributed by atoms with Crippen molar-refractivity contribution in [2.45, 2.75) is 52.6 Å². The summed E-state index contributed by atoms with van der Waals surface area (Å²) in [5.41, 5.74) is 2.02. The quantitative estimate of drug-likeness (QED) is 0.108. The molecule has 0 radical (unpaired) electrons. The van der Waals surface area contributed by atoms with Gasteiger partial charge >= 0.3 is 5.97 Å². The molecule has 2 atom stereocenters. The van der Waals surface area contributed by atoms with Gasteiger partial charge in [0.1, 0.15) is 17.3 Å². The second-order valence-corrected chi connectivity index (χ2v) is 9.09. The number of nitro benzene ring substituents is 1. The van der Waals surface area contributed by atoms with Gasteiger partial charge in [0.15, 0.2) is 5.78 Å². The van der Waals surface area contributed by atoms with Crippen LogP contribution in [0.5, 0.6) is 5.75 Å². The summed E-state index contributed by atoms with van der Waals surface area (Å²) in [6, 6.07) is 14.8. The fraction of sp³-hybridized carbons (Fsp3) is 0.407. The molecule has 34 heavy (non-hydrogen) atoms. The Morgan fingerprint density at radius 1 is 1.12 bits per heavy atom. The van der Waals surface area contributed by atoms with Crippen LogP contribution < -0.4 is 4.74 Å². The summed E-state index contributed by atoms with van der Waals surface area (Å²) in [5.74, 6) is -1.19. The van der Waals surface area contributed by atoms with Crippen molar-refractivity contribution >= 4 is 17.4 Å². The highest BCUT2D eigenvalue weighted by Gasteiger charge is 2.41. The third-order valence-electron chi connectivity index (χ3n) is 6.41. The fourth-order valence-corrected chi connectivity index (χ4v) is 4.64. The minimum Gasteiger partial charge on any atom is -0.487 e. The average Bonchev–Trinajstić information content (AvgIpc) is 3.18. The van der Waals surface area contributed by atoms with Crippen molar-refractivity contribution in [1.82, 2.24) is 0 Å². The molecule has 0 amide bonds. The highest BCUT2D eigenvalue weighted by molar-refractivity contribution is 6.08. The lowest BCUT2D eigenvalue weighted by Crippen LogP contribution is -2.39. The van der Waals surface area contributed by atoms with Crippen LogP contribution in [0.25, 0.3) is 0 Å². The molecule has 7 heteroatoms. The van der Waals surface area contributed by atoms with Crippen molar-refractivity contribution in [3.8, 4) is 5.75 Å². The van der Waals surface area contributed by atoms with Gasteiger partial charge in [-0.05, 0) is 59.1 Å². The number of hydrogen-bond acceptors (Lipinski definition) is 6. The molecule has 0 bridgehead atoms. The molecule has 3 rings (SSSR count). The van der Waals surface area contributed by atoms with Crippen LogP contribution >= 0.6 is 0 Å². The zero-order chi connectivity index (χ0) is 24.9. The van der Waals surface area contributed by atoms with Crippen molar-refractivity contribution in [3.63, 3.8) is 0 Å². The third kappa shape index (κ3) is 5.71. The van der Waals surface area contributed by atoms with Crippen LogP contribution in [0.1, 0.15) is 57.3 Å². The molecule has 0 N–H and O–H groups in total. The van der Waals surface area contributed by atoms with E-state index in [0.717, 1.165) is 24.0 Å². The molecule has 0 fully saturated rings. The summed E-state index contributed by atoms with van der Waals surface area (Å²) < 4.78 is 11.5. The first-order chi connectivity index (χ1) is 16.1. The van der Waals surface area contributed by atoms with Crippen molar-refractivity contribution in [2.24, 2.45) is 11.8 Å². The normalized spacial score (nSPS) is 16.8. The molecule has 2 aromatic rings. The standard InChI is InChI=1S/C27H31NO6/c1-5-33-26(30)23(25(29)19-9-7-6-8-10-19)17-22-18(2)11-16-24(22)27(3,4)34-21-14-12-20(13-15-21)28(31)32/h6-10,12-15,23-24H,5,11,16-17H2,1-4H3. The molecule has 7 nitrogen and oxygen atoms in total. The predicted molar refractivity (Wildman–Crippen MR) is 129 cm³/mol. The maximum atomic E-state index is 13.3. The average molecular weight is 466 g/mol. The van der Waals surface area contributed by atoms with Crippen LogP contribution in [0, 0.1) is 22.0 Å². The van der Waals surface area contributed by atoms with Gasteiger partial charge in [0, 0.05) is 23.6 Å². The molecule has 0 saturated heterocycles. The van der Waals surface area contributed by atoms with Crippen LogP contribution in [-0.4, -0.2) is 28.9 Å². The third-order valence-corrected chi connectivity index (χ3v) is 6.41. The Labute approximate surface area is 199 Å². The smallest absolute Gasteiger partial charge is 0.317 e. The summed E-state index contributed by atoms with van der Waals surface area (Å²) in [7, 11) is 0. The van der Waals surface area contributed by atoms with E-state index >= 15 is 0 Å². The van der Waals surface area contributed by atoms with Crippen molar-refractivity contribution < 1.29 is 24.0 Å². The van der Waals surface area contributed by atoms with Gasteiger partial charge in [-0.25, -0.2) is 0 Å². The molecule has 2 aromatic carbocycles. The highest BCUT2D eigenvalue weighted by atomic mass is 16.6. The zero-order valence-corrected chi connectivity index (χ0v) is 20.1. The summed E-state index contributed by atoms with van der Waals surface area (Å²) in [4.78, 5) is 36.6. The number of benzene rings is 2. The summed E-state index contributed by atoms with van der Waals surface area (Å²) in [6.45, 7) is 7.90. The largest absolute Gasteiger partial charge is 0.487 e. The Kier molecular flexibility index (Phi) is 7.87. The number of Topliss-reactive ketones (excluding diaryl/α,β-unsaturated/α-hetero) is 1. The first kappa shape index (κ1) is 25.1. The number of ketones is 1. The van der Waals surface area contributed by atoms with E-state index < -0.39 is 22.4 Å². The maximum absolute atomic E-state index is 13.3. The Bertz CT molecular complexity index is 1070. The molecule has 1 aliphatic carbocycles. The second-order valence-electron chi connectivity index (χ2n) is 9.09. The topological polar surface area (TPSA) is 95.7 Å². The van der Waals surface area contributed by atoms with E-state index in [-0.39, 0.29) is 30.4 Å². The van der Waals surface area contributed by atoms with Crippen LogP contribution in [0.2, 0.25) is 0 Å². The Hall–Kier alpha value is -3.48. The van der Waals surface area contributed by atoms with Gasteiger partial charge in [-0.2, -0.15) is 0 Å². The molecular weight excluding hydrogens is 434 g/mol. The first-order valence-electron chi connectivity index (χ1n) is 11.5. The number of esters is 1. The van der Waals surface area contributed by atoms with Gasteiger partial charge < -0.3 is 9.47 Å². The number of nitro groups is 1. The minimum atomic E-state index is -0.928. The Balaban J connectivity index is 1.85. The van der Waals surface area contributed by atoms with E-state index in [0.29, 0.717) is 11.3 Å². The molecular formula is C27H31NO6. The lowest BCUT2D eigenvalue weighted by molar-refractivity contribution is -0.384. The van der Waals surface area contributed by atoms with Gasteiger partial charge in [0.25, 0.3) is 5.69 Å². The predicted octanol–water partition coefficient (Wildman–Crippen LogP) is 5.93. The number of carbonyl (C=O) groups is 2. The molecule has 0 spiro atoms. The molecule has 180 valence electrons. The van der Waals surface area contributed by atoms with Crippen LogP contribution in [-0.2, 0) is 9.53 Å². The SMILES string of the molecule is CCOC(=O)C(CC1=C(C)CCC1C(C)(C)Oc1ccc([N+](=O)[O-])cc1)C(=O)c1ccccc1. The second kappa shape index (κ2) is 10.6. The molecule has 0 heterocycles. The summed E-state index contributed by atoms with van der Waals surface area (Å²) in [6.07, 6.45) is 1.95. The number of hydrogen-bond donors (Lipinski definition) is 0. The monoisotopic (exact) mass is 465 g/mol. The van der Waals surface area contributed by atoms with Crippen molar-refractivity contribution in [3.05, 3.63) is 81.4 Å². The van der Waals surface area contributed by atoms with Crippen molar-refractivity contribution in [2.75, 3.05) is 6.61 Å². The van der Waals surface area contributed by atoms with E-state index in [4.69, 9.17) is 9.47 Å². The van der Waals surface area contributed by atoms with E-state index in [9.17, 15) is 19.7 Å². The number of ether oxygens (including phenoxy) is 2. The van der Waals surface area contributed by atoms with E-state index in [1.807, 2.05) is 26.8 Å². The lowest BCUT2D eigenvalue weighted by atomic mass is 9.79. The van der Waals surface area contributed by atoms with Crippen LogP contribution in [0.15, 0.2) is 65.7 Å². The van der Waals surface area contributed by atoms with Crippen molar-refractivity contribution in [1.29, 1.82) is 0 Å². The summed E-state index contributed by atoms with van der Waals surface area (Å²) in [5, 5.41) is 10.9. The molecule has 2 unspecified atom stereocenters. The van der Waals surface area contributed by atoms with E-state index in [1.165, 1.54) is 12.1 Å². The van der Waals surface area contributed by atoms with Gasteiger partial charge in [-0.1, -0.05) is 41.5 Å². The number of carbonyl (C=O) groups excluding carboxylic acids is 2. The van der Waals surface area contributed by atoms with E-state index in [1.54, 1.807) is 43.3 Å². The number of allylic oxidation sites excluding steroid dienone is 1. The number of rotatable bonds is 10. The Morgan fingerprint density at radius 2 is 1.76 bits per heavy atom. The lowest BCUT2D eigenvalue weighted by Gasteiger charge is -2.35. The summed E-state index contributed by atoms with van der Waals surface area (Å²) >= 11 is 0. The van der Waals surface area contributed by atoms with Crippen LogP contribution in [0.3, 0.4) is 0 Å². The van der Waals surface area contributed by atoms with Gasteiger partial charge in [-0.3, -0.25) is 19.7 Å². The fourth-order valence-electron chi connectivity index (χ4n) is 4.64. The first-order valence-corrected chi connectivity index (χ1v) is 11.5. The Morgan fingerprint density at radius 3 is 2.35 bits per heavy atom. The molecule has 0 aromatic heterocycles. The minimum absolute atomic E-state index is 0.000783. The zero-order valence-electron chi connectivity index (χ0n) is 20.1.